The van der Waals surface area contributed by atoms with Gasteiger partial charge in [-0.05, 0) is 20.0 Å². The summed E-state index contributed by atoms with van der Waals surface area (Å²) in [5.74, 6) is 0. The Labute approximate surface area is 64.2 Å². The molecule has 1 unspecified atom stereocenters. The lowest BCUT2D eigenvalue weighted by molar-refractivity contribution is 0.0706. The van der Waals surface area contributed by atoms with Gasteiger partial charge in [-0.1, -0.05) is 13.8 Å². The second-order valence-electron chi connectivity index (χ2n) is 2.62. The maximum atomic E-state index is 5.23. The summed E-state index contributed by atoms with van der Waals surface area (Å²) in [6.45, 7) is 6.45. The van der Waals surface area contributed by atoms with Gasteiger partial charge < -0.3 is 9.64 Å². The van der Waals surface area contributed by atoms with Gasteiger partial charge >= 0.3 is 0 Å². The van der Waals surface area contributed by atoms with Crippen molar-refractivity contribution in [2.75, 3.05) is 27.2 Å². The molecule has 0 aliphatic heterocycles. The van der Waals surface area contributed by atoms with Crippen LogP contribution in [0.3, 0.4) is 0 Å². The monoisotopic (exact) mass is 145 g/mol. The van der Waals surface area contributed by atoms with Crippen LogP contribution in [0.2, 0.25) is 0 Å². The third-order valence-electron chi connectivity index (χ3n) is 1.84. The standard InChI is InChI=1S/C8H19NO/c1-5-8(10-4)7-9(3)6-2/h8H,5-7H2,1-4H3. The van der Waals surface area contributed by atoms with Crippen LogP contribution in [0.5, 0.6) is 0 Å². The second kappa shape index (κ2) is 5.69. The molecule has 0 saturated carbocycles. The Kier molecular flexibility index (Phi) is 5.64. The highest BCUT2D eigenvalue weighted by Crippen LogP contribution is 1.97. The van der Waals surface area contributed by atoms with Crippen LogP contribution in [0.25, 0.3) is 0 Å². The lowest BCUT2D eigenvalue weighted by atomic mass is 10.2. The average molecular weight is 145 g/mol. The summed E-state index contributed by atoms with van der Waals surface area (Å²) in [7, 11) is 3.89. The molecule has 1 atom stereocenters. The highest BCUT2D eigenvalue weighted by atomic mass is 16.5. The van der Waals surface area contributed by atoms with E-state index in [2.05, 4.69) is 25.8 Å². The van der Waals surface area contributed by atoms with Crippen LogP contribution in [-0.2, 0) is 4.74 Å². The van der Waals surface area contributed by atoms with Crippen LogP contribution in [0, 0.1) is 0 Å². The highest BCUT2D eigenvalue weighted by molar-refractivity contribution is 4.58. The van der Waals surface area contributed by atoms with E-state index in [1.807, 2.05) is 0 Å². The van der Waals surface area contributed by atoms with E-state index in [-0.39, 0.29) is 0 Å². The first kappa shape index (κ1) is 9.92. The van der Waals surface area contributed by atoms with Gasteiger partial charge in [0.05, 0.1) is 6.10 Å². The predicted octanol–water partition coefficient (Wildman–Crippen LogP) is 1.36. The number of ether oxygens (including phenoxy) is 1. The molecule has 0 aliphatic rings. The van der Waals surface area contributed by atoms with E-state index < -0.39 is 0 Å². The lowest BCUT2D eigenvalue weighted by Crippen LogP contribution is -2.29. The molecule has 62 valence electrons. The topological polar surface area (TPSA) is 12.5 Å². The lowest BCUT2D eigenvalue weighted by Gasteiger charge is -2.20. The molecule has 0 spiro atoms. The van der Waals surface area contributed by atoms with Crippen molar-refractivity contribution in [3.63, 3.8) is 0 Å². The van der Waals surface area contributed by atoms with Crippen LogP contribution in [0.15, 0.2) is 0 Å². The van der Waals surface area contributed by atoms with E-state index in [0.717, 1.165) is 19.5 Å². The first-order valence-electron chi connectivity index (χ1n) is 3.95. The maximum Gasteiger partial charge on any atom is 0.0695 e. The highest BCUT2D eigenvalue weighted by Gasteiger charge is 2.05. The molecule has 0 aromatic rings. The van der Waals surface area contributed by atoms with Gasteiger partial charge in [0.2, 0.25) is 0 Å². The molecular formula is C8H19NO. The maximum absolute atomic E-state index is 5.23. The molecule has 0 aromatic heterocycles. The third-order valence-corrected chi connectivity index (χ3v) is 1.84. The van der Waals surface area contributed by atoms with Crippen molar-refractivity contribution in [1.82, 2.24) is 4.90 Å². The van der Waals surface area contributed by atoms with Gasteiger partial charge in [-0.25, -0.2) is 0 Å². The summed E-state index contributed by atoms with van der Waals surface area (Å²) in [6.07, 6.45) is 1.51. The molecule has 0 heterocycles. The van der Waals surface area contributed by atoms with E-state index in [9.17, 15) is 0 Å². The Hall–Kier alpha value is -0.0800. The minimum Gasteiger partial charge on any atom is -0.380 e. The average Bonchev–Trinajstić information content (AvgIpc) is 1.99. The minimum atomic E-state index is 0.407. The Balaban J connectivity index is 3.41. The van der Waals surface area contributed by atoms with E-state index in [0.29, 0.717) is 6.10 Å². The van der Waals surface area contributed by atoms with Gasteiger partial charge in [0.15, 0.2) is 0 Å². The van der Waals surface area contributed by atoms with Gasteiger partial charge in [0.25, 0.3) is 0 Å². The summed E-state index contributed by atoms with van der Waals surface area (Å²) in [5, 5.41) is 0. The number of rotatable bonds is 5. The van der Waals surface area contributed by atoms with Gasteiger partial charge in [-0.3, -0.25) is 0 Å². The van der Waals surface area contributed by atoms with Crippen molar-refractivity contribution in [2.45, 2.75) is 26.4 Å². The van der Waals surface area contributed by atoms with E-state index in [1.54, 1.807) is 7.11 Å². The van der Waals surface area contributed by atoms with Crippen LogP contribution >= 0.6 is 0 Å². The van der Waals surface area contributed by atoms with Crippen LogP contribution < -0.4 is 0 Å². The Morgan fingerprint density at radius 1 is 1.40 bits per heavy atom. The Morgan fingerprint density at radius 3 is 2.30 bits per heavy atom. The molecule has 0 aliphatic carbocycles. The summed E-state index contributed by atoms with van der Waals surface area (Å²) in [4.78, 5) is 2.26. The first-order valence-corrected chi connectivity index (χ1v) is 3.95. The molecule has 0 fully saturated rings. The summed E-state index contributed by atoms with van der Waals surface area (Å²) >= 11 is 0. The number of hydrogen-bond acceptors (Lipinski definition) is 2. The van der Waals surface area contributed by atoms with E-state index in [4.69, 9.17) is 4.74 Å². The van der Waals surface area contributed by atoms with E-state index in [1.165, 1.54) is 0 Å². The van der Waals surface area contributed by atoms with E-state index >= 15 is 0 Å². The summed E-state index contributed by atoms with van der Waals surface area (Å²) < 4.78 is 5.23. The summed E-state index contributed by atoms with van der Waals surface area (Å²) in [6, 6.07) is 0. The zero-order valence-corrected chi connectivity index (χ0v) is 7.55. The number of nitrogens with zero attached hydrogens (tertiary/aromatic N) is 1. The summed E-state index contributed by atoms with van der Waals surface area (Å²) in [5.41, 5.74) is 0. The van der Waals surface area contributed by atoms with Gasteiger partial charge in [0.1, 0.15) is 0 Å². The molecule has 0 N–H and O–H groups in total. The third kappa shape index (κ3) is 3.85. The molecule has 10 heavy (non-hydrogen) atoms. The second-order valence-corrected chi connectivity index (χ2v) is 2.62. The molecular weight excluding hydrogens is 126 g/mol. The van der Waals surface area contributed by atoms with Gasteiger partial charge in [-0.15, -0.1) is 0 Å². The van der Waals surface area contributed by atoms with Crippen molar-refractivity contribution in [3.8, 4) is 0 Å². The van der Waals surface area contributed by atoms with Crippen molar-refractivity contribution >= 4 is 0 Å². The molecule has 0 saturated heterocycles. The fraction of sp³-hybridized carbons (Fsp3) is 1.00. The van der Waals surface area contributed by atoms with Crippen molar-refractivity contribution in [1.29, 1.82) is 0 Å². The quantitative estimate of drug-likeness (QED) is 0.579. The fourth-order valence-electron chi connectivity index (χ4n) is 0.847. The van der Waals surface area contributed by atoms with Crippen LogP contribution in [0.1, 0.15) is 20.3 Å². The van der Waals surface area contributed by atoms with Crippen molar-refractivity contribution in [2.24, 2.45) is 0 Å². The molecule has 2 nitrogen and oxygen atoms in total. The molecule has 0 aromatic carbocycles. The number of likely N-dealkylation sites (N-methyl/N-ethyl adjacent to an activating group) is 1. The smallest absolute Gasteiger partial charge is 0.0695 e. The number of methoxy groups -OCH3 is 1. The molecule has 0 amide bonds. The molecule has 0 radical (unpaired) electrons. The molecule has 2 heteroatoms. The SMILES string of the molecule is CCC(CN(C)CC)OC. The zero-order chi connectivity index (χ0) is 7.98. The zero-order valence-electron chi connectivity index (χ0n) is 7.55. The molecule has 0 rings (SSSR count). The van der Waals surface area contributed by atoms with Crippen molar-refractivity contribution < 1.29 is 4.74 Å². The largest absolute Gasteiger partial charge is 0.380 e. The number of hydrogen-bond donors (Lipinski definition) is 0. The molecule has 0 bridgehead atoms. The van der Waals surface area contributed by atoms with Crippen LogP contribution in [0.4, 0.5) is 0 Å². The van der Waals surface area contributed by atoms with Gasteiger partial charge in [-0.2, -0.15) is 0 Å². The Bertz CT molecular complexity index is 71.7. The minimum absolute atomic E-state index is 0.407. The van der Waals surface area contributed by atoms with Crippen LogP contribution in [-0.4, -0.2) is 38.3 Å². The Morgan fingerprint density at radius 2 is 2.00 bits per heavy atom. The normalized spacial score (nSPS) is 14.1. The predicted molar refractivity (Wildman–Crippen MR) is 44.3 cm³/mol. The van der Waals surface area contributed by atoms with Gasteiger partial charge in [0, 0.05) is 13.7 Å². The van der Waals surface area contributed by atoms with Crippen molar-refractivity contribution in [3.05, 3.63) is 0 Å². The first-order chi connectivity index (χ1) is 4.74. The fourth-order valence-corrected chi connectivity index (χ4v) is 0.847.